The van der Waals surface area contributed by atoms with Crippen molar-refractivity contribution in [1.82, 2.24) is 31.9 Å². The maximum Gasteiger partial charge on any atom is 0.322 e. The van der Waals surface area contributed by atoms with Gasteiger partial charge in [0.15, 0.2) is 0 Å². The lowest BCUT2D eigenvalue weighted by atomic mass is 9.98. The van der Waals surface area contributed by atoms with Crippen LogP contribution in [0.4, 0.5) is 0 Å². The van der Waals surface area contributed by atoms with Crippen molar-refractivity contribution in [2.24, 2.45) is 23.3 Å². The number of carboxylic acids is 1. The lowest BCUT2D eigenvalue weighted by Gasteiger charge is -2.29. The number of carbonyl (C=O) groups excluding carboxylic acids is 7. The van der Waals surface area contributed by atoms with Crippen molar-refractivity contribution >= 4 is 47.3 Å². The monoisotopic (exact) mass is 782 g/mol. The molecule has 2 aromatic carbocycles. The van der Waals surface area contributed by atoms with Crippen LogP contribution in [0.15, 0.2) is 54.6 Å². The van der Waals surface area contributed by atoms with Crippen molar-refractivity contribution in [3.05, 3.63) is 65.7 Å². The highest BCUT2D eigenvalue weighted by molar-refractivity contribution is 5.97. The van der Waals surface area contributed by atoms with Gasteiger partial charge in [-0.2, -0.15) is 0 Å². The summed E-state index contributed by atoms with van der Waals surface area (Å²) in [5, 5.41) is 33.5. The first-order chi connectivity index (χ1) is 26.3. The van der Waals surface area contributed by atoms with Crippen molar-refractivity contribution in [2.45, 2.75) is 96.6 Å². The number of aromatic hydroxyl groups is 1. The molecule has 2 aromatic rings. The van der Waals surface area contributed by atoms with Gasteiger partial charge in [-0.1, -0.05) is 70.2 Å². The molecule has 7 amide bonds. The van der Waals surface area contributed by atoms with Crippen LogP contribution in [-0.4, -0.2) is 100 Å². The van der Waals surface area contributed by atoms with E-state index in [2.05, 4.69) is 31.9 Å². The van der Waals surface area contributed by atoms with Gasteiger partial charge in [-0.25, -0.2) is 0 Å². The molecule has 0 unspecified atom stereocenters. The molecular weight excluding hydrogens is 728 g/mol. The average Bonchev–Trinajstić information content (AvgIpc) is 3.13. The maximum absolute atomic E-state index is 13.9. The first-order valence-electron chi connectivity index (χ1n) is 18.2. The van der Waals surface area contributed by atoms with E-state index >= 15 is 0 Å². The van der Waals surface area contributed by atoms with Gasteiger partial charge in [-0.15, -0.1) is 0 Å². The van der Waals surface area contributed by atoms with Crippen LogP contribution < -0.4 is 43.4 Å². The van der Waals surface area contributed by atoms with Crippen molar-refractivity contribution in [2.75, 3.05) is 6.54 Å². The molecule has 12 N–H and O–H groups in total. The van der Waals surface area contributed by atoms with Crippen molar-refractivity contribution in [3.63, 3.8) is 0 Å². The van der Waals surface area contributed by atoms with E-state index < -0.39 is 102 Å². The van der Waals surface area contributed by atoms with Crippen LogP contribution in [0.3, 0.4) is 0 Å². The molecule has 306 valence electrons. The van der Waals surface area contributed by atoms with Crippen molar-refractivity contribution in [3.8, 4) is 5.75 Å². The average molecular weight is 783 g/mol. The van der Waals surface area contributed by atoms with E-state index in [0.29, 0.717) is 11.1 Å². The molecule has 18 nitrogen and oxygen atoms in total. The second-order valence-electron chi connectivity index (χ2n) is 14.1. The number of carbonyl (C=O) groups is 8. The van der Waals surface area contributed by atoms with Crippen LogP contribution in [-0.2, 0) is 51.2 Å². The zero-order valence-electron chi connectivity index (χ0n) is 32.2. The Labute approximate surface area is 325 Å². The van der Waals surface area contributed by atoms with Gasteiger partial charge < -0.3 is 53.6 Å². The number of nitrogens with one attached hydrogen (secondary N) is 6. The number of amides is 7. The largest absolute Gasteiger partial charge is 0.508 e. The second kappa shape index (κ2) is 22.4. The molecule has 0 aliphatic rings. The van der Waals surface area contributed by atoms with E-state index in [1.165, 1.54) is 19.1 Å². The summed E-state index contributed by atoms with van der Waals surface area (Å²) in [4.78, 5) is 103. The smallest absolute Gasteiger partial charge is 0.322 e. The molecule has 56 heavy (non-hydrogen) atoms. The number of hydrogen-bond acceptors (Lipinski definition) is 10. The first-order valence-corrected chi connectivity index (χ1v) is 18.2. The molecule has 0 aromatic heterocycles. The third kappa shape index (κ3) is 15.7. The summed E-state index contributed by atoms with van der Waals surface area (Å²) in [6.07, 6.45) is -0.530. The van der Waals surface area contributed by atoms with Crippen molar-refractivity contribution in [1.29, 1.82) is 0 Å². The van der Waals surface area contributed by atoms with Gasteiger partial charge in [0.25, 0.3) is 0 Å². The summed E-state index contributed by atoms with van der Waals surface area (Å²) in [5.74, 6) is -7.58. The fourth-order valence-corrected chi connectivity index (χ4v) is 5.39. The van der Waals surface area contributed by atoms with Gasteiger partial charge >= 0.3 is 5.97 Å². The summed E-state index contributed by atoms with van der Waals surface area (Å²) < 4.78 is 0. The standard InChI is InChI=1S/C38H54N8O10/c1-20(2)31(37(55)41-19-30(49)50)46-38(56)32(21(3)4)45-35(53)27(15-16-29(40)48)43-36(54)28(18-23-9-7-6-8-10-23)44-33(51)22(5)42-34(52)26(39)17-24-11-13-25(47)14-12-24/h6-14,20-22,26-28,31-32,47H,15-19,39H2,1-5H3,(H2,40,48)(H,41,55)(H,42,52)(H,43,54)(H,44,51)(H,45,53)(H,46,56)(H,49,50)/t22-,26+,27+,28+,31+,32+/m1/s1. The quantitative estimate of drug-likeness (QED) is 0.0672. The van der Waals surface area contributed by atoms with E-state index in [9.17, 15) is 43.5 Å². The highest BCUT2D eigenvalue weighted by Gasteiger charge is 2.34. The highest BCUT2D eigenvalue weighted by atomic mass is 16.4. The number of phenols is 1. The van der Waals surface area contributed by atoms with E-state index in [1.807, 2.05) is 0 Å². The van der Waals surface area contributed by atoms with Crippen LogP contribution in [0.2, 0.25) is 0 Å². The molecule has 0 bridgehead atoms. The Morgan fingerprint density at radius 1 is 0.607 bits per heavy atom. The normalized spacial score (nSPS) is 14.2. The van der Waals surface area contributed by atoms with Crippen LogP contribution in [0.5, 0.6) is 5.75 Å². The molecular formula is C38H54N8O10. The van der Waals surface area contributed by atoms with E-state index in [4.69, 9.17) is 16.6 Å². The number of carboxylic acid groups (broad SMARTS) is 1. The van der Waals surface area contributed by atoms with Gasteiger partial charge in [0.2, 0.25) is 41.4 Å². The fraction of sp³-hybridized carbons (Fsp3) is 0.474. The molecule has 0 heterocycles. The summed E-state index contributed by atoms with van der Waals surface area (Å²) in [5.41, 5.74) is 12.7. The first kappa shape index (κ1) is 46.1. The summed E-state index contributed by atoms with van der Waals surface area (Å²) in [6.45, 7) is 7.26. The number of nitrogens with two attached hydrogens (primary N) is 2. The topological polar surface area (TPSA) is 301 Å². The summed E-state index contributed by atoms with van der Waals surface area (Å²) in [7, 11) is 0. The molecule has 0 radical (unpaired) electrons. The number of hydrogen-bond donors (Lipinski definition) is 10. The number of primary amides is 1. The third-order valence-electron chi connectivity index (χ3n) is 8.62. The lowest BCUT2D eigenvalue weighted by molar-refractivity contribution is -0.139. The summed E-state index contributed by atoms with van der Waals surface area (Å²) >= 11 is 0. The Morgan fingerprint density at radius 3 is 1.68 bits per heavy atom. The number of benzene rings is 2. The van der Waals surface area contributed by atoms with E-state index in [1.54, 1.807) is 70.2 Å². The predicted molar refractivity (Wildman–Crippen MR) is 204 cm³/mol. The van der Waals surface area contributed by atoms with Gasteiger partial charge in [0.05, 0.1) is 6.04 Å². The maximum atomic E-state index is 13.9. The Balaban J connectivity index is 2.26. The molecule has 18 heteroatoms. The Kier molecular flexibility index (Phi) is 18.4. The second-order valence-corrected chi connectivity index (χ2v) is 14.1. The van der Waals surface area contributed by atoms with Crippen LogP contribution >= 0.6 is 0 Å². The molecule has 0 saturated heterocycles. The summed E-state index contributed by atoms with van der Waals surface area (Å²) in [6, 6.07) is 7.47. The van der Waals surface area contributed by atoms with E-state index in [-0.39, 0.29) is 31.4 Å². The minimum absolute atomic E-state index is 0.0405. The zero-order valence-corrected chi connectivity index (χ0v) is 32.2. The van der Waals surface area contributed by atoms with E-state index in [0.717, 1.165) is 0 Å². The SMILES string of the molecule is CC(C)[C@H](NC(=O)[C@H](CCC(N)=O)NC(=O)[C@H](Cc1ccccc1)NC(=O)[C@@H](C)NC(=O)[C@@H](N)Cc1ccc(O)cc1)C(=O)N[C@H](C(=O)NCC(=O)O)C(C)C. The molecule has 0 saturated carbocycles. The third-order valence-corrected chi connectivity index (χ3v) is 8.62. The lowest BCUT2D eigenvalue weighted by Crippen LogP contribution is -2.61. The predicted octanol–water partition coefficient (Wildman–Crippen LogP) is -1.27. The molecule has 0 aliphatic heterocycles. The molecule has 2 rings (SSSR count). The minimum atomic E-state index is -1.42. The Hall–Kier alpha value is -6.04. The van der Waals surface area contributed by atoms with Crippen LogP contribution in [0, 0.1) is 11.8 Å². The van der Waals surface area contributed by atoms with Gasteiger partial charge in [0.1, 0.15) is 42.5 Å². The van der Waals surface area contributed by atoms with Gasteiger partial charge in [0, 0.05) is 12.8 Å². The molecule has 0 aliphatic carbocycles. The number of aliphatic carboxylic acids is 1. The Bertz CT molecular complexity index is 1690. The van der Waals surface area contributed by atoms with Crippen LogP contribution in [0.25, 0.3) is 0 Å². The highest BCUT2D eigenvalue weighted by Crippen LogP contribution is 2.12. The molecule has 6 atom stereocenters. The number of rotatable bonds is 22. The van der Waals surface area contributed by atoms with Crippen molar-refractivity contribution < 1.29 is 48.6 Å². The molecule has 0 spiro atoms. The van der Waals surface area contributed by atoms with Gasteiger partial charge in [-0.05, 0) is 54.9 Å². The zero-order chi connectivity index (χ0) is 42.1. The minimum Gasteiger partial charge on any atom is -0.508 e. The Morgan fingerprint density at radius 2 is 1.12 bits per heavy atom. The number of phenolic OH excluding ortho intramolecular Hbond substituents is 1. The van der Waals surface area contributed by atoms with Crippen LogP contribution in [0.1, 0.15) is 58.6 Å². The molecule has 0 fully saturated rings. The fourth-order valence-electron chi connectivity index (χ4n) is 5.39. The van der Waals surface area contributed by atoms with Gasteiger partial charge in [-0.3, -0.25) is 38.4 Å².